The summed E-state index contributed by atoms with van der Waals surface area (Å²) in [5.74, 6) is 4.85. The van der Waals surface area contributed by atoms with Crippen LogP contribution in [0, 0.1) is 11.8 Å². The maximum Gasteiger partial charge on any atom is 0.322 e. The lowest BCUT2D eigenvalue weighted by molar-refractivity contribution is 0.127. The van der Waals surface area contributed by atoms with Crippen molar-refractivity contribution >= 4 is 23.5 Å². The summed E-state index contributed by atoms with van der Waals surface area (Å²) < 4.78 is 0. The Balaban J connectivity index is 1.71. The highest BCUT2D eigenvalue weighted by Crippen LogP contribution is 2.40. The number of carbonyl (C=O) groups is 1. The van der Waals surface area contributed by atoms with E-state index in [1.165, 1.54) is 87.5 Å². The Kier molecular flexibility index (Phi) is 11.8. The fourth-order valence-corrected chi connectivity index (χ4v) is 7.35. The fraction of sp³-hybridized carbons (Fsp3) is 0.774. The standard InChI is InChI=1S/C31H52N2OS/c1-6-7-21-35-22-20-33(27-18-16-26(17-19-27)25-12-9-8-10-13-25)31(34)32-30-28(23(2)3)14-11-15-29(30)24(4)5/h11,14-15,23-27H,6-10,12-13,16-22H2,1-5H3,(H,32,34). The number of thioether (sulfide) groups is 1. The van der Waals surface area contributed by atoms with Crippen LogP contribution in [-0.2, 0) is 0 Å². The van der Waals surface area contributed by atoms with Gasteiger partial charge in [0.25, 0.3) is 0 Å². The number of carbonyl (C=O) groups excluding carboxylic acids is 1. The van der Waals surface area contributed by atoms with E-state index < -0.39 is 0 Å². The molecular formula is C31H52N2OS. The van der Waals surface area contributed by atoms with E-state index in [1.54, 1.807) is 0 Å². The van der Waals surface area contributed by atoms with E-state index in [2.05, 4.69) is 63.0 Å². The topological polar surface area (TPSA) is 32.3 Å². The van der Waals surface area contributed by atoms with Gasteiger partial charge >= 0.3 is 6.03 Å². The second-order valence-electron chi connectivity index (χ2n) is 11.7. The molecule has 1 aromatic rings. The van der Waals surface area contributed by atoms with Crippen molar-refractivity contribution in [2.24, 2.45) is 11.8 Å². The van der Waals surface area contributed by atoms with Crippen LogP contribution in [0.2, 0.25) is 0 Å². The van der Waals surface area contributed by atoms with E-state index in [0.717, 1.165) is 29.8 Å². The van der Waals surface area contributed by atoms with Crippen molar-refractivity contribution in [2.75, 3.05) is 23.4 Å². The Morgan fingerprint density at radius 1 is 0.914 bits per heavy atom. The van der Waals surface area contributed by atoms with Gasteiger partial charge in [0, 0.05) is 24.0 Å². The van der Waals surface area contributed by atoms with Gasteiger partial charge in [0.15, 0.2) is 0 Å². The number of benzene rings is 1. The first kappa shape index (κ1) is 28.4. The van der Waals surface area contributed by atoms with Gasteiger partial charge < -0.3 is 10.2 Å². The number of unbranched alkanes of at least 4 members (excludes halogenated alkanes) is 1. The van der Waals surface area contributed by atoms with Crippen LogP contribution in [0.4, 0.5) is 10.5 Å². The average molecular weight is 501 g/mol. The van der Waals surface area contributed by atoms with Crippen molar-refractivity contribution in [2.45, 2.75) is 123 Å². The summed E-state index contributed by atoms with van der Waals surface area (Å²) in [6.45, 7) is 12.0. The van der Waals surface area contributed by atoms with Crippen LogP contribution in [0.15, 0.2) is 18.2 Å². The third-order valence-electron chi connectivity index (χ3n) is 8.48. The van der Waals surface area contributed by atoms with Gasteiger partial charge in [-0.3, -0.25) is 0 Å². The van der Waals surface area contributed by atoms with Crippen LogP contribution in [0.3, 0.4) is 0 Å². The maximum atomic E-state index is 13.9. The molecule has 0 spiro atoms. The molecule has 0 atom stereocenters. The largest absolute Gasteiger partial charge is 0.322 e. The van der Waals surface area contributed by atoms with Crippen LogP contribution in [0.1, 0.15) is 128 Å². The lowest BCUT2D eigenvalue weighted by Gasteiger charge is -2.40. The Hall–Kier alpha value is -1.16. The predicted molar refractivity (Wildman–Crippen MR) is 155 cm³/mol. The van der Waals surface area contributed by atoms with Crippen LogP contribution in [0.25, 0.3) is 0 Å². The second kappa shape index (κ2) is 14.5. The molecule has 0 aromatic heterocycles. The third-order valence-corrected chi connectivity index (χ3v) is 9.53. The van der Waals surface area contributed by atoms with Crippen molar-refractivity contribution in [3.05, 3.63) is 29.3 Å². The van der Waals surface area contributed by atoms with Crippen LogP contribution in [-0.4, -0.2) is 35.0 Å². The van der Waals surface area contributed by atoms with Crippen LogP contribution < -0.4 is 5.32 Å². The molecule has 0 heterocycles. The minimum absolute atomic E-state index is 0.122. The van der Waals surface area contributed by atoms with Gasteiger partial charge in [-0.05, 0) is 72.7 Å². The van der Waals surface area contributed by atoms with E-state index in [-0.39, 0.29) is 6.03 Å². The molecule has 2 saturated carbocycles. The van der Waals surface area contributed by atoms with Crippen molar-refractivity contribution in [3.63, 3.8) is 0 Å². The second-order valence-corrected chi connectivity index (χ2v) is 12.9. The molecular weight excluding hydrogens is 448 g/mol. The van der Waals surface area contributed by atoms with Gasteiger partial charge in [0.2, 0.25) is 0 Å². The first-order chi connectivity index (χ1) is 16.9. The van der Waals surface area contributed by atoms with Crippen molar-refractivity contribution in [3.8, 4) is 0 Å². The molecule has 1 aromatic carbocycles. The highest BCUT2D eigenvalue weighted by Gasteiger charge is 2.33. The monoisotopic (exact) mass is 500 g/mol. The molecule has 0 radical (unpaired) electrons. The van der Waals surface area contributed by atoms with E-state index in [4.69, 9.17) is 0 Å². The van der Waals surface area contributed by atoms with Gasteiger partial charge in [-0.25, -0.2) is 4.79 Å². The molecule has 0 saturated heterocycles. The first-order valence-electron chi connectivity index (χ1n) is 14.7. The Bertz CT molecular complexity index is 737. The zero-order valence-electron chi connectivity index (χ0n) is 23.3. The van der Waals surface area contributed by atoms with Crippen molar-refractivity contribution in [1.29, 1.82) is 0 Å². The SMILES string of the molecule is CCCCSCCN(C(=O)Nc1c(C(C)C)cccc1C(C)C)C1CCC(C2CCCCC2)CC1. The number of nitrogens with one attached hydrogen (secondary N) is 1. The molecule has 2 aliphatic rings. The Morgan fingerprint density at radius 3 is 2.09 bits per heavy atom. The molecule has 2 fully saturated rings. The fourth-order valence-electron chi connectivity index (χ4n) is 6.33. The minimum atomic E-state index is 0.122. The molecule has 35 heavy (non-hydrogen) atoms. The number of urea groups is 1. The summed E-state index contributed by atoms with van der Waals surface area (Å²) >= 11 is 2.01. The lowest BCUT2D eigenvalue weighted by atomic mass is 9.72. The summed E-state index contributed by atoms with van der Waals surface area (Å²) in [7, 11) is 0. The molecule has 0 aliphatic heterocycles. The lowest BCUT2D eigenvalue weighted by Crippen LogP contribution is -2.46. The van der Waals surface area contributed by atoms with Crippen molar-refractivity contribution < 1.29 is 4.79 Å². The van der Waals surface area contributed by atoms with Crippen molar-refractivity contribution in [1.82, 2.24) is 4.90 Å². The molecule has 2 aliphatic carbocycles. The van der Waals surface area contributed by atoms with Gasteiger partial charge in [0.05, 0.1) is 0 Å². The molecule has 198 valence electrons. The number of anilines is 1. The van der Waals surface area contributed by atoms with E-state index in [0.29, 0.717) is 17.9 Å². The molecule has 4 heteroatoms. The smallest absolute Gasteiger partial charge is 0.321 e. The highest BCUT2D eigenvalue weighted by atomic mass is 32.2. The molecule has 0 bridgehead atoms. The number of para-hydroxylation sites is 1. The number of hydrogen-bond acceptors (Lipinski definition) is 2. The van der Waals surface area contributed by atoms with Crippen LogP contribution >= 0.6 is 11.8 Å². The summed E-state index contributed by atoms with van der Waals surface area (Å²) in [5, 5.41) is 3.44. The third kappa shape index (κ3) is 8.17. The van der Waals surface area contributed by atoms with E-state index in [1.807, 2.05) is 11.8 Å². The Labute approximate surface area is 220 Å². The average Bonchev–Trinajstić information content (AvgIpc) is 2.86. The molecule has 3 rings (SSSR count). The number of rotatable bonds is 11. The molecule has 2 amide bonds. The summed E-state index contributed by atoms with van der Waals surface area (Å²) in [6, 6.07) is 7.03. The number of hydrogen-bond donors (Lipinski definition) is 1. The van der Waals surface area contributed by atoms with Gasteiger partial charge in [-0.2, -0.15) is 11.8 Å². The molecule has 3 nitrogen and oxygen atoms in total. The zero-order chi connectivity index (χ0) is 25.2. The van der Waals surface area contributed by atoms with Gasteiger partial charge in [-0.1, -0.05) is 91.3 Å². The summed E-state index contributed by atoms with van der Waals surface area (Å²) in [4.78, 5) is 16.1. The summed E-state index contributed by atoms with van der Waals surface area (Å²) in [5.41, 5.74) is 3.56. The normalized spacial score (nSPS) is 21.5. The van der Waals surface area contributed by atoms with Crippen LogP contribution in [0.5, 0.6) is 0 Å². The molecule has 0 unspecified atom stereocenters. The minimum Gasteiger partial charge on any atom is -0.321 e. The molecule has 1 N–H and O–H groups in total. The first-order valence-corrected chi connectivity index (χ1v) is 15.9. The van der Waals surface area contributed by atoms with E-state index >= 15 is 0 Å². The quantitative estimate of drug-likeness (QED) is 0.307. The number of nitrogens with zero attached hydrogens (tertiary/aromatic N) is 1. The number of amides is 2. The zero-order valence-corrected chi connectivity index (χ0v) is 24.1. The van der Waals surface area contributed by atoms with E-state index in [9.17, 15) is 4.79 Å². The Morgan fingerprint density at radius 2 is 1.51 bits per heavy atom. The van der Waals surface area contributed by atoms with Gasteiger partial charge in [0.1, 0.15) is 0 Å². The highest BCUT2D eigenvalue weighted by molar-refractivity contribution is 7.99. The summed E-state index contributed by atoms with van der Waals surface area (Å²) in [6.07, 6.45) is 14.7. The maximum absolute atomic E-state index is 13.9. The van der Waals surface area contributed by atoms with Gasteiger partial charge in [-0.15, -0.1) is 0 Å². The predicted octanol–water partition coefficient (Wildman–Crippen LogP) is 9.44.